The second-order valence-corrected chi connectivity index (χ2v) is 5.95. The van der Waals surface area contributed by atoms with Gasteiger partial charge in [0.05, 0.1) is 30.4 Å². The Morgan fingerprint density at radius 1 is 1.32 bits per heavy atom. The quantitative estimate of drug-likeness (QED) is 0.894. The van der Waals surface area contributed by atoms with Gasteiger partial charge in [-0.15, -0.1) is 11.8 Å². The smallest absolute Gasteiger partial charge is 0.234 e. The van der Waals surface area contributed by atoms with Gasteiger partial charge in [-0.1, -0.05) is 12.1 Å². The number of nitrogens with zero attached hydrogens (tertiary/aromatic N) is 1. The molecule has 0 saturated carbocycles. The van der Waals surface area contributed by atoms with Gasteiger partial charge in [-0.3, -0.25) is 9.59 Å². The molecule has 7 heteroatoms. The van der Waals surface area contributed by atoms with Crippen molar-refractivity contribution in [3.8, 4) is 0 Å². The minimum atomic E-state index is -0.456. The number of nitrogens with one attached hydrogen (secondary N) is 1. The number of amides is 2. The molecule has 0 aliphatic carbocycles. The Hall–Kier alpha value is -1.60. The first-order valence-corrected chi connectivity index (χ1v) is 8.21. The zero-order valence-electron chi connectivity index (χ0n) is 12.4. The maximum Gasteiger partial charge on any atom is 0.234 e. The highest BCUT2D eigenvalue weighted by Gasteiger charge is 2.17. The maximum atomic E-state index is 13.6. The molecule has 1 aromatic rings. The first kappa shape index (κ1) is 16.8. The molecule has 1 aliphatic heterocycles. The van der Waals surface area contributed by atoms with Gasteiger partial charge in [-0.05, 0) is 18.6 Å². The van der Waals surface area contributed by atoms with E-state index in [1.54, 1.807) is 24.0 Å². The molecule has 0 radical (unpaired) electrons. The maximum absolute atomic E-state index is 13.6. The zero-order valence-corrected chi connectivity index (χ0v) is 13.2. The summed E-state index contributed by atoms with van der Waals surface area (Å²) in [5.74, 6) is -0.410. The van der Waals surface area contributed by atoms with Crippen LogP contribution in [0.5, 0.6) is 0 Å². The zero-order chi connectivity index (χ0) is 15.9. The number of para-hydroxylation sites is 1. The summed E-state index contributed by atoms with van der Waals surface area (Å²) in [5.41, 5.74) is 0.871. The largest absolute Gasteiger partial charge is 0.378 e. The number of thioether (sulfide) groups is 1. The minimum absolute atomic E-state index is 0.00294. The van der Waals surface area contributed by atoms with E-state index < -0.39 is 5.82 Å². The number of carbonyl (C=O) groups is 2. The number of morpholine rings is 1. The van der Waals surface area contributed by atoms with Crippen LogP contribution in [0.25, 0.3) is 0 Å². The topological polar surface area (TPSA) is 58.6 Å². The lowest BCUT2D eigenvalue weighted by Gasteiger charge is -2.26. The van der Waals surface area contributed by atoms with E-state index in [9.17, 15) is 14.0 Å². The number of halogens is 1. The van der Waals surface area contributed by atoms with Crippen molar-refractivity contribution in [1.29, 1.82) is 0 Å². The number of carbonyl (C=O) groups excluding carboxylic acids is 2. The Morgan fingerprint density at radius 3 is 2.73 bits per heavy atom. The van der Waals surface area contributed by atoms with Crippen LogP contribution < -0.4 is 5.32 Å². The van der Waals surface area contributed by atoms with Crippen molar-refractivity contribution >= 4 is 29.3 Å². The Labute approximate surface area is 133 Å². The SMILES string of the molecule is Cc1cccc(F)c1NC(=O)CSCC(=O)N1CCOCC1. The summed E-state index contributed by atoms with van der Waals surface area (Å²) in [5, 5.41) is 2.55. The molecule has 1 saturated heterocycles. The normalized spacial score (nSPS) is 14.7. The Bertz CT molecular complexity index is 527. The fourth-order valence-corrected chi connectivity index (χ4v) is 2.82. The first-order chi connectivity index (χ1) is 10.6. The summed E-state index contributed by atoms with van der Waals surface area (Å²) in [6, 6.07) is 4.63. The summed E-state index contributed by atoms with van der Waals surface area (Å²) in [6.07, 6.45) is 0. The number of aryl methyl sites for hydroxylation is 1. The van der Waals surface area contributed by atoms with Crippen LogP contribution in [0, 0.1) is 12.7 Å². The minimum Gasteiger partial charge on any atom is -0.378 e. The predicted octanol–water partition coefficient (Wildman–Crippen LogP) is 1.66. The molecule has 120 valence electrons. The molecule has 0 atom stereocenters. The third kappa shape index (κ3) is 4.71. The molecule has 2 amide bonds. The van der Waals surface area contributed by atoms with E-state index in [1.165, 1.54) is 17.8 Å². The van der Waals surface area contributed by atoms with Gasteiger partial charge in [-0.2, -0.15) is 0 Å². The van der Waals surface area contributed by atoms with Crippen LogP contribution in [0.2, 0.25) is 0 Å². The molecule has 1 aromatic carbocycles. The van der Waals surface area contributed by atoms with E-state index in [4.69, 9.17) is 4.74 Å². The second kappa shape index (κ2) is 8.14. The van der Waals surface area contributed by atoms with Crippen LogP contribution >= 0.6 is 11.8 Å². The van der Waals surface area contributed by atoms with Crippen LogP contribution in [-0.2, 0) is 14.3 Å². The van der Waals surface area contributed by atoms with Gasteiger partial charge in [0.25, 0.3) is 0 Å². The van der Waals surface area contributed by atoms with Gasteiger partial charge in [0.1, 0.15) is 5.82 Å². The number of ether oxygens (including phenoxy) is 1. The summed E-state index contributed by atoms with van der Waals surface area (Å²) >= 11 is 1.23. The van der Waals surface area contributed by atoms with E-state index in [0.29, 0.717) is 31.9 Å². The van der Waals surface area contributed by atoms with Crippen LogP contribution in [0.3, 0.4) is 0 Å². The van der Waals surface area contributed by atoms with Crippen LogP contribution in [0.4, 0.5) is 10.1 Å². The fourth-order valence-electron chi connectivity index (χ4n) is 2.10. The Kier molecular flexibility index (Phi) is 6.21. The van der Waals surface area contributed by atoms with Crippen LogP contribution in [0.1, 0.15) is 5.56 Å². The molecule has 0 bridgehead atoms. The average Bonchev–Trinajstić information content (AvgIpc) is 2.52. The molecule has 0 unspecified atom stereocenters. The highest BCUT2D eigenvalue weighted by atomic mass is 32.2. The van der Waals surface area contributed by atoms with Crippen molar-refractivity contribution in [1.82, 2.24) is 4.90 Å². The lowest BCUT2D eigenvalue weighted by molar-refractivity contribution is -0.132. The Morgan fingerprint density at radius 2 is 2.05 bits per heavy atom. The van der Waals surface area contributed by atoms with Gasteiger partial charge >= 0.3 is 0 Å². The summed E-state index contributed by atoms with van der Waals surface area (Å²) < 4.78 is 18.8. The molecule has 0 aromatic heterocycles. The molecular weight excluding hydrogens is 307 g/mol. The van der Waals surface area contributed by atoms with Gasteiger partial charge in [-0.25, -0.2) is 4.39 Å². The third-order valence-corrected chi connectivity index (χ3v) is 4.23. The van der Waals surface area contributed by atoms with Crippen molar-refractivity contribution < 1.29 is 18.7 Å². The Balaban J connectivity index is 1.75. The fraction of sp³-hybridized carbons (Fsp3) is 0.467. The summed E-state index contributed by atoms with van der Waals surface area (Å²) in [4.78, 5) is 25.5. The molecular formula is C15H19FN2O3S. The molecule has 0 spiro atoms. The third-order valence-electron chi connectivity index (χ3n) is 3.31. The standard InChI is InChI=1S/C15H19FN2O3S/c1-11-3-2-4-12(16)15(11)17-13(19)9-22-10-14(20)18-5-7-21-8-6-18/h2-4H,5-10H2,1H3,(H,17,19). The van der Waals surface area contributed by atoms with Gasteiger partial charge < -0.3 is 15.0 Å². The predicted molar refractivity (Wildman–Crippen MR) is 84.5 cm³/mol. The molecule has 2 rings (SSSR count). The average molecular weight is 326 g/mol. The number of anilines is 1. The number of benzene rings is 1. The van der Waals surface area contributed by atoms with Crippen molar-refractivity contribution in [2.75, 3.05) is 43.1 Å². The molecule has 5 nitrogen and oxygen atoms in total. The van der Waals surface area contributed by atoms with Gasteiger partial charge in [0.2, 0.25) is 11.8 Å². The van der Waals surface area contributed by atoms with E-state index in [0.717, 1.165) is 0 Å². The molecule has 1 N–H and O–H groups in total. The van der Waals surface area contributed by atoms with Crippen molar-refractivity contribution in [2.24, 2.45) is 0 Å². The summed E-state index contributed by atoms with van der Waals surface area (Å²) in [6.45, 7) is 4.04. The van der Waals surface area contributed by atoms with E-state index in [1.807, 2.05) is 0 Å². The monoisotopic (exact) mass is 326 g/mol. The van der Waals surface area contributed by atoms with Crippen molar-refractivity contribution in [3.05, 3.63) is 29.6 Å². The number of hydrogen-bond acceptors (Lipinski definition) is 4. The van der Waals surface area contributed by atoms with E-state index in [2.05, 4.69) is 5.32 Å². The molecule has 1 fully saturated rings. The molecule has 22 heavy (non-hydrogen) atoms. The number of hydrogen-bond donors (Lipinski definition) is 1. The van der Waals surface area contributed by atoms with E-state index >= 15 is 0 Å². The number of rotatable bonds is 5. The first-order valence-electron chi connectivity index (χ1n) is 7.06. The van der Waals surface area contributed by atoms with Crippen LogP contribution in [-0.4, -0.2) is 54.5 Å². The lowest BCUT2D eigenvalue weighted by Crippen LogP contribution is -2.41. The van der Waals surface area contributed by atoms with Crippen molar-refractivity contribution in [2.45, 2.75) is 6.92 Å². The van der Waals surface area contributed by atoms with Crippen LogP contribution in [0.15, 0.2) is 18.2 Å². The summed E-state index contributed by atoms with van der Waals surface area (Å²) in [7, 11) is 0. The molecule has 1 aliphatic rings. The highest BCUT2D eigenvalue weighted by Crippen LogP contribution is 2.19. The highest BCUT2D eigenvalue weighted by molar-refractivity contribution is 8.00. The van der Waals surface area contributed by atoms with Gasteiger partial charge in [0, 0.05) is 13.1 Å². The molecule has 1 heterocycles. The van der Waals surface area contributed by atoms with Gasteiger partial charge in [0.15, 0.2) is 0 Å². The lowest BCUT2D eigenvalue weighted by atomic mass is 10.2. The van der Waals surface area contributed by atoms with E-state index in [-0.39, 0.29) is 29.0 Å². The van der Waals surface area contributed by atoms with Crippen molar-refractivity contribution in [3.63, 3.8) is 0 Å². The second-order valence-electron chi connectivity index (χ2n) is 4.97.